The Morgan fingerprint density at radius 1 is 1.15 bits per heavy atom. The largest absolute Gasteiger partial charge is 0.361 e. The summed E-state index contributed by atoms with van der Waals surface area (Å²) in [4.78, 5) is 22.5. The van der Waals surface area contributed by atoms with E-state index in [1.807, 2.05) is 28.6 Å². The number of nitrogens with one attached hydrogen (secondary N) is 1. The molecule has 1 aliphatic heterocycles. The van der Waals surface area contributed by atoms with Crippen molar-refractivity contribution in [3.05, 3.63) is 65.3 Å². The molecule has 0 radical (unpaired) electrons. The van der Waals surface area contributed by atoms with Crippen molar-refractivity contribution in [3.8, 4) is 0 Å². The first-order valence-corrected chi connectivity index (χ1v) is 9.86. The number of H-pyrrole nitrogens is 1. The summed E-state index contributed by atoms with van der Waals surface area (Å²) in [5, 5.41) is 1.31. The highest BCUT2D eigenvalue weighted by atomic mass is 32.1. The minimum absolute atomic E-state index is 0.137. The third-order valence-electron chi connectivity index (χ3n) is 5.42. The van der Waals surface area contributed by atoms with Crippen LogP contribution < -0.4 is 0 Å². The molecule has 0 aliphatic carbocycles. The average Bonchev–Trinajstić information content (AvgIpc) is 3.34. The molecule has 4 nitrogen and oxygen atoms in total. The van der Waals surface area contributed by atoms with Gasteiger partial charge in [-0.05, 0) is 48.6 Å². The molecule has 1 N–H and O–H groups in total. The molecule has 2 aromatic heterocycles. The van der Waals surface area contributed by atoms with Crippen LogP contribution in [0.3, 0.4) is 0 Å². The summed E-state index contributed by atoms with van der Waals surface area (Å²) >= 11 is 1.58. The number of benzene rings is 2. The smallest absolute Gasteiger partial charge is 0.253 e. The van der Waals surface area contributed by atoms with Crippen LogP contribution in [0.5, 0.6) is 0 Å². The van der Waals surface area contributed by atoms with Crippen LogP contribution in [0, 0.1) is 0 Å². The van der Waals surface area contributed by atoms with Crippen LogP contribution in [0.15, 0.2) is 54.2 Å². The van der Waals surface area contributed by atoms with E-state index in [4.69, 9.17) is 0 Å². The fraction of sp³-hybridized carbons (Fsp3) is 0.238. The van der Waals surface area contributed by atoms with Crippen molar-refractivity contribution >= 4 is 38.4 Å². The third kappa shape index (κ3) is 2.59. The van der Waals surface area contributed by atoms with Crippen LogP contribution in [0.4, 0.5) is 0 Å². The first-order valence-electron chi connectivity index (χ1n) is 8.98. The van der Waals surface area contributed by atoms with Gasteiger partial charge in [0.2, 0.25) is 0 Å². The normalized spacial score (nSPS) is 15.8. The second kappa shape index (κ2) is 6.25. The summed E-state index contributed by atoms with van der Waals surface area (Å²) in [6.07, 6.45) is 4.16. The molecule has 0 unspecified atom stereocenters. The molecule has 26 heavy (non-hydrogen) atoms. The molecule has 5 rings (SSSR count). The zero-order valence-electron chi connectivity index (χ0n) is 14.3. The lowest BCUT2D eigenvalue weighted by Crippen LogP contribution is -2.37. The lowest BCUT2D eigenvalue weighted by molar-refractivity contribution is 0.0713. The van der Waals surface area contributed by atoms with Crippen molar-refractivity contribution < 1.29 is 4.79 Å². The Labute approximate surface area is 155 Å². The molecule has 1 fully saturated rings. The average molecular weight is 361 g/mol. The number of nitrogens with zero attached hydrogens (tertiary/aromatic N) is 2. The summed E-state index contributed by atoms with van der Waals surface area (Å²) in [7, 11) is 0. The summed E-state index contributed by atoms with van der Waals surface area (Å²) in [6.45, 7) is 1.62. The van der Waals surface area contributed by atoms with E-state index in [2.05, 4.69) is 40.4 Å². The van der Waals surface area contributed by atoms with Gasteiger partial charge in [-0.3, -0.25) is 4.79 Å². The minimum Gasteiger partial charge on any atom is -0.361 e. The van der Waals surface area contributed by atoms with Crippen LogP contribution >= 0.6 is 11.3 Å². The second-order valence-electron chi connectivity index (χ2n) is 6.89. The Balaban J connectivity index is 1.32. The Hall–Kier alpha value is -2.66. The Kier molecular flexibility index (Phi) is 3.75. The topological polar surface area (TPSA) is 49.0 Å². The van der Waals surface area contributed by atoms with E-state index >= 15 is 0 Å². The molecule has 4 aromatic rings. The van der Waals surface area contributed by atoms with Crippen LogP contribution in [-0.4, -0.2) is 33.9 Å². The number of hydrogen-bond acceptors (Lipinski definition) is 3. The zero-order chi connectivity index (χ0) is 17.5. The van der Waals surface area contributed by atoms with Gasteiger partial charge in [-0.2, -0.15) is 0 Å². The second-order valence-corrected chi connectivity index (χ2v) is 7.78. The van der Waals surface area contributed by atoms with Crippen molar-refractivity contribution in [2.45, 2.75) is 18.8 Å². The van der Waals surface area contributed by atoms with Gasteiger partial charge in [0.25, 0.3) is 5.91 Å². The van der Waals surface area contributed by atoms with Gasteiger partial charge in [-0.15, -0.1) is 11.3 Å². The van der Waals surface area contributed by atoms with E-state index < -0.39 is 0 Å². The first kappa shape index (κ1) is 15.6. The Morgan fingerprint density at radius 2 is 2.00 bits per heavy atom. The molecule has 1 amide bonds. The van der Waals surface area contributed by atoms with Gasteiger partial charge in [-0.25, -0.2) is 4.98 Å². The fourth-order valence-corrected chi connectivity index (χ4v) is 4.71. The number of rotatable bonds is 2. The van der Waals surface area contributed by atoms with E-state index in [1.54, 1.807) is 11.3 Å². The third-order valence-corrected chi connectivity index (χ3v) is 6.21. The lowest BCUT2D eigenvalue weighted by Gasteiger charge is -2.32. The molecule has 0 spiro atoms. The van der Waals surface area contributed by atoms with Crippen molar-refractivity contribution in [1.29, 1.82) is 0 Å². The number of piperidine rings is 1. The number of fused-ring (bicyclic) bond motifs is 2. The molecule has 1 saturated heterocycles. The highest BCUT2D eigenvalue weighted by Crippen LogP contribution is 2.33. The highest BCUT2D eigenvalue weighted by Gasteiger charge is 2.26. The van der Waals surface area contributed by atoms with Crippen molar-refractivity contribution in [2.24, 2.45) is 0 Å². The maximum atomic E-state index is 12.9. The van der Waals surface area contributed by atoms with Gasteiger partial charge in [0, 0.05) is 35.8 Å². The zero-order valence-corrected chi connectivity index (χ0v) is 15.1. The van der Waals surface area contributed by atoms with E-state index in [-0.39, 0.29) is 5.91 Å². The Morgan fingerprint density at radius 3 is 2.88 bits per heavy atom. The molecule has 5 heteroatoms. The molecule has 1 aliphatic rings. The molecule has 130 valence electrons. The summed E-state index contributed by atoms with van der Waals surface area (Å²) in [5.74, 6) is 0.650. The number of para-hydroxylation sites is 1. The molecular formula is C21H19N3OS. The van der Waals surface area contributed by atoms with Gasteiger partial charge < -0.3 is 9.88 Å². The number of aromatic amines is 1. The van der Waals surface area contributed by atoms with Gasteiger partial charge in [0.05, 0.1) is 15.7 Å². The van der Waals surface area contributed by atoms with Crippen molar-refractivity contribution in [1.82, 2.24) is 14.9 Å². The summed E-state index contributed by atoms with van der Waals surface area (Å²) in [6, 6.07) is 14.3. The van der Waals surface area contributed by atoms with Gasteiger partial charge >= 0.3 is 0 Å². The quantitative estimate of drug-likeness (QED) is 0.558. The maximum absolute atomic E-state index is 12.9. The predicted molar refractivity (Wildman–Crippen MR) is 106 cm³/mol. The molecule has 0 saturated carbocycles. The van der Waals surface area contributed by atoms with Crippen molar-refractivity contribution in [3.63, 3.8) is 0 Å². The maximum Gasteiger partial charge on any atom is 0.253 e. The summed E-state index contributed by atoms with van der Waals surface area (Å²) < 4.78 is 1.07. The van der Waals surface area contributed by atoms with Crippen LogP contribution in [0.2, 0.25) is 0 Å². The molecule has 3 heterocycles. The molecule has 0 atom stereocenters. The summed E-state index contributed by atoms with van der Waals surface area (Å²) in [5.41, 5.74) is 6.14. The number of carbonyl (C=O) groups excluding carboxylic acids is 1. The molecule has 0 bridgehead atoms. The van der Waals surface area contributed by atoms with Gasteiger partial charge in [-0.1, -0.05) is 18.2 Å². The van der Waals surface area contributed by atoms with Gasteiger partial charge in [0.15, 0.2) is 0 Å². The van der Waals surface area contributed by atoms with Crippen molar-refractivity contribution in [2.75, 3.05) is 13.1 Å². The van der Waals surface area contributed by atoms with Crippen LogP contribution in [0.25, 0.3) is 21.1 Å². The molecule has 2 aromatic carbocycles. The number of thiazole rings is 1. The van der Waals surface area contributed by atoms with E-state index in [1.165, 1.54) is 16.5 Å². The first-order chi connectivity index (χ1) is 12.8. The lowest BCUT2D eigenvalue weighted by atomic mass is 9.89. The predicted octanol–water partition coefficient (Wildman–Crippen LogP) is 4.80. The van der Waals surface area contributed by atoms with Gasteiger partial charge in [0.1, 0.15) is 0 Å². The van der Waals surface area contributed by atoms with Crippen LogP contribution in [0.1, 0.15) is 34.7 Å². The van der Waals surface area contributed by atoms with E-state index in [0.29, 0.717) is 5.92 Å². The fourth-order valence-electron chi connectivity index (χ4n) is 4.00. The number of aromatic nitrogens is 2. The molecular weight excluding hydrogens is 342 g/mol. The van der Waals surface area contributed by atoms with E-state index in [0.717, 1.165) is 41.7 Å². The van der Waals surface area contributed by atoms with Crippen LogP contribution in [-0.2, 0) is 0 Å². The highest BCUT2D eigenvalue weighted by molar-refractivity contribution is 7.16. The minimum atomic E-state index is 0.137. The SMILES string of the molecule is O=C(c1ccc2ncsc2c1)N1CCC(c2c[nH]c3ccccc23)CC1. The standard InChI is InChI=1S/C21H19N3OS/c25-21(15-5-6-19-20(11-15)26-13-23-19)24-9-7-14(8-10-24)17-12-22-18-4-2-1-3-16(17)18/h1-6,11-14,22H,7-10H2. The monoisotopic (exact) mass is 361 g/mol. The van der Waals surface area contributed by atoms with E-state index in [9.17, 15) is 4.79 Å². The number of likely N-dealkylation sites (tertiary alicyclic amines) is 1. The Bertz CT molecular complexity index is 1090. The number of carbonyl (C=O) groups is 1. The number of hydrogen-bond donors (Lipinski definition) is 1. The number of amides is 1.